The average molecular weight is 382 g/mol. The van der Waals surface area contributed by atoms with Crippen LogP contribution in [0.5, 0.6) is 0 Å². The topological polar surface area (TPSA) is 112 Å². The Bertz CT molecular complexity index is 1000. The highest BCUT2D eigenvalue weighted by molar-refractivity contribution is 5.89. The Balaban J connectivity index is 1.54. The Morgan fingerprint density at radius 2 is 2.04 bits per heavy atom. The molecule has 1 fully saturated rings. The molecule has 28 heavy (non-hydrogen) atoms. The van der Waals surface area contributed by atoms with E-state index in [1.807, 2.05) is 32.0 Å². The van der Waals surface area contributed by atoms with Crippen molar-refractivity contribution in [1.82, 2.24) is 14.6 Å². The summed E-state index contributed by atoms with van der Waals surface area (Å²) in [6.07, 6.45) is -0.563. The summed E-state index contributed by atoms with van der Waals surface area (Å²) in [6.45, 7) is 3.77. The molecule has 0 spiro atoms. The second-order valence-electron chi connectivity index (χ2n) is 7.49. The van der Waals surface area contributed by atoms with Gasteiger partial charge in [-0.25, -0.2) is 14.3 Å². The maximum absolute atomic E-state index is 12.2. The first kappa shape index (κ1) is 18.4. The number of hydrogen-bond acceptors (Lipinski definition) is 7. The number of nitrogen functional groups attached to an aromatic ring is 1. The summed E-state index contributed by atoms with van der Waals surface area (Å²) in [5.74, 6) is -0.0859. The van der Waals surface area contributed by atoms with Crippen molar-refractivity contribution in [2.24, 2.45) is 5.41 Å². The summed E-state index contributed by atoms with van der Waals surface area (Å²) in [5.41, 5.74) is 7.16. The van der Waals surface area contributed by atoms with Crippen LogP contribution < -0.4 is 5.73 Å². The zero-order chi connectivity index (χ0) is 19.9. The first-order chi connectivity index (χ1) is 13.4. The molecule has 3 unspecified atom stereocenters. The summed E-state index contributed by atoms with van der Waals surface area (Å²) >= 11 is 0. The van der Waals surface area contributed by atoms with Crippen molar-refractivity contribution >= 4 is 17.3 Å². The number of aliphatic hydroxyl groups is 1. The summed E-state index contributed by atoms with van der Waals surface area (Å²) in [4.78, 5) is 16.2. The smallest absolute Gasteiger partial charge is 0.338 e. The largest absolute Gasteiger partial charge is 0.459 e. The Morgan fingerprint density at radius 3 is 2.79 bits per heavy atom. The highest BCUT2D eigenvalue weighted by Crippen LogP contribution is 2.48. The number of nitrogens with zero attached hydrogens (tertiary/aromatic N) is 3. The molecule has 3 atom stereocenters. The van der Waals surface area contributed by atoms with Crippen molar-refractivity contribution in [3.63, 3.8) is 0 Å². The third-order valence-electron chi connectivity index (χ3n) is 5.27. The Hall–Kier alpha value is -2.97. The number of anilines is 1. The summed E-state index contributed by atoms with van der Waals surface area (Å²) in [6, 6.07) is 12.4. The van der Waals surface area contributed by atoms with Gasteiger partial charge in [-0.1, -0.05) is 32.0 Å². The molecule has 0 bridgehead atoms. The molecule has 146 valence electrons. The highest BCUT2D eigenvalue weighted by atomic mass is 16.6. The molecule has 8 nitrogen and oxygen atoms in total. The van der Waals surface area contributed by atoms with Crippen molar-refractivity contribution < 1.29 is 19.4 Å². The van der Waals surface area contributed by atoms with Crippen LogP contribution in [0.3, 0.4) is 0 Å². The highest BCUT2D eigenvalue weighted by Gasteiger charge is 2.51. The van der Waals surface area contributed by atoms with E-state index in [-0.39, 0.29) is 6.61 Å². The van der Waals surface area contributed by atoms with Crippen molar-refractivity contribution in [3.05, 3.63) is 60.0 Å². The Kier molecular flexibility index (Phi) is 4.52. The minimum Gasteiger partial charge on any atom is -0.459 e. The number of hydrogen-bond donors (Lipinski definition) is 2. The first-order valence-corrected chi connectivity index (χ1v) is 9.03. The van der Waals surface area contributed by atoms with Gasteiger partial charge in [0.15, 0.2) is 5.82 Å². The van der Waals surface area contributed by atoms with Gasteiger partial charge in [-0.2, -0.15) is 5.10 Å². The number of fused-ring (bicyclic) bond motifs is 1. The number of esters is 1. The quantitative estimate of drug-likeness (QED) is 0.664. The van der Waals surface area contributed by atoms with Crippen molar-refractivity contribution in [1.29, 1.82) is 0 Å². The number of aliphatic hydroxyl groups excluding tert-OH is 1. The van der Waals surface area contributed by atoms with Crippen LogP contribution in [0.25, 0.3) is 5.52 Å². The number of rotatable bonds is 4. The van der Waals surface area contributed by atoms with E-state index in [1.165, 1.54) is 6.33 Å². The van der Waals surface area contributed by atoms with Gasteiger partial charge >= 0.3 is 5.97 Å². The molecule has 1 aliphatic heterocycles. The van der Waals surface area contributed by atoms with Crippen LogP contribution in [-0.2, 0) is 9.47 Å². The summed E-state index contributed by atoms with van der Waals surface area (Å²) in [7, 11) is 0. The average Bonchev–Trinajstić information content (AvgIpc) is 3.21. The second-order valence-corrected chi connectivity index (χ2v) is 7.49. The second kappa shape index (κ2) is 6.88. The summed E-state index contributed by atoms with van der Waals surface area (Å²) < 4.78 is 13.2. The number of benzene rings is 1. The van der Waals surface area contributed by atoms with Crippen LogP contribution in [0.15, 0.2) is 48.8 Å². The molecule has 1 aromatic carbocycles. The third kappa shape index (κ3) is 3.00. The minimum absolute atomic E-state index is 0.0464. The van der Waals surface area contributed by atoms with Gasteiger partial charge in [-0.15, -0.1) is 0 Å². The van der Waals surface area contributed by atoms with Gasteiger partial charge in [-0.05, 0) is 24.3 Å². The maximum Gasteiger partial charge on any atom is 0.338 e. The molecule has 3 heterocycles. The first-order valence-electron chi connectivity index (χ1n) is 9.03. The van der Waals surface area contributed by atoms with Gasteiger partial charge in [0.05, 0.1) is 17.4 Å². The lowest BCUT2D eigenvalue weighted by molar-refractivity contribution is -0.0353. The zero-order valence-electron chi connectivity index (χ0n) is 15.6. The lowest BCUT2D eigenvalue weighted by atomic mass is 9.80. The van der Waals surface area contributed by atoms with E-state index in [4.69, 9.17) is 15.2 Å². The third-order valence-corrected chi connectivity index (χ3v) is 5.27. The van der Waals surface area contributed by atoms with Crippen LogP contribution in [0, 0.1) is 5.41 Å². The van der Waals surface area contributed by atoms with E-state index in [1.54, 1.807) is 28.8 Å². The molecular weight excluding hydrogens is 360 g/mol. The predicted octanol–water partition coefficient (Wildman–Crippen LogP) is 2.00. The van der Waals surface area contributed by atoms with Crippen molar-refractivity contribution in [3.8, 4) is 0 Å². The van der Waals surface area contributed by atoms with Crippen LogP contribution in [-0.4, -0.2) is 44.5 Å². The molecule has 0 radical (unpaired) electrons. The van der Waals surface area contributed by atoms with Gasteiger partial charge in [0.25, 0.3) is 0 Å². The van der Waals surface area contributed by atoms with Gasteiger partial charge in [-0.3, -0.25) is 0 Å². The van der Waals surface area contributed by atoms with Crippen LogP contribution in [0.2, 0.25) is 0 Å². The SMILES string of the molecule is CC1(C)C(c2ccc3c(N)ncnn23)OC(COC(=O)c2ccccc2)C1O. The zero-order valence-corrected chi connectivity index (χ0v) is 15.6. The molecular formula is C20H22N4O4. The number of nitrogens with two attached hydrogens (primary N) is 1. The minimum atomic E-state index is -0.828. The Labute approximate surface area is 161 Å². The molecule has 2 aromatic heterocycles. The van der Waals surface area contributed by atoms with E-state index in [0.717, 1.165) is 5.69 Å². The number of ether oxygens (including phenoxy) is 2. The van der Waals surface area contributed by atoms with Crippen LogP contribution in [0.4, 0.5) is 5.82 Å². The number of carbonyl (C=O) groups excluding carboxylic acids is 1. The summed E-state index contributed by atoms with van der Waals surface area (Å²) in [5, 5.41) is 15.1. The van der Waals surface area contributed by atoms with Gasteiger partial charge in [0, 0.05) is 5.41 Å². The van der Waals surface area contributed by atoms with E-state index < -0.39 is 29.7 Å². The molecule has 0 aliphatic carbocycles. The predicted molar refractivity (Wildman–Crippen MR) is 102 cm³/mol. The number of aromatic nitrogens is 3. The number of carbonyl (C=O) groups is 1. The van der Waals surface area contributed by atoms with Gasteiger partial charge in [0.2, 0.25) is 0 Å². The van der Waals surface area contributed by atoms with E-state index >= 15 is 0 Å². The fourth-order valence-corrected chi connectivity index (χ4v) is 3.63. The van der Waals surface area contributed by atoms with Crippen molar-refractivity contribution in [2.75, 3.05) is 12.3 Å². The monoisotopic (exact) mass is 382 g/mol. The molecule has 8 heteroatoms. The van der Waals surface area contributed by atoms with E-state index in [9.17, 15) is 9.90 Å². The molecule has 4 rings (SSSR count). The van der Waals surface area contributed by atoms with Crippen molar-refractivity contribution in [2.45, 2.75) is 32.2 Å². The fraction of sp³-hybridized carbons (Fsp3) is 0.350. The van der Waals surface area contributed by atoms with Gasteiger partial charge in [0.1, 0.15) is 30.7 Å². The molecule has 1 aliphatic rings. The standard InChI is InChI=1S/C20H22N4O4/c1-20(2)16(25)15(10-27-19(26)12-6-4-3-5-7-12)28-17(20)13-8-9-14-18(21)22-11-23-24(13)14/h3-9,11,15-17,25H,10H2,1-2H3,(H2,21,22,23). The molecule has 3 aromatic rings. The van der Waals surface area contributed by atoms with E-state index in [2.05, 4.69) is 10.1 Å². The van der Waals surface area contributed by atoms with Crippen LogP contribution >= 0.6 is 0 Å². The molecule has 0 amide bonds. The van der Waals surface area contributed by atoms with Gasteiger partial charge < -0.3 is 20.3 Å². The molecule has 3 N–H and O–H groups in total. The Morgan fingerprint density at radius 1 is 1.29 bits per heavy atom. The fourth-order valence-electron chi connectivity index (χ4n) is 3.63. The molecule has 0 saturated carbocycles. The normalized spacial score (nSPS) is 23.8. The maximum atomic E-state index is 12.2. The van der Waals surface area contributed by atoms with Crippen LogP contribution in [0.1, 0.15) is 36.0 Å². The lowest BCUT2D eigenvalue weighted by Gasteiger charge is -2.27. The lowest BCUT2D eigenvalue weighted by Crippen LogP contribution is -2.36. The van der Waals surface area contributed by atoms with E-state index in [0.29, 0.717) is 16.9 Å². The molecule has 1 saturated heterocycles.